The van der Waals surface area contributed by atoms with E-state index in [-0.39, 0.29) is 5.41 Å². The smallest absolute Gasteiger partial charge is 0.0722 e. The predicted molar refractivity (Wildman–Crippen MR) is 154 cm³/mol. The van der Waals surface area contributed by atoms with Gasteiger partial charge in [0.1, 0.15) is 0 Å². The number of nitrogens with zero attached hydrogens (tertiary/aromatic N) is 2. The van der Waals surface area contributed by atoms with Crippen molar-refractivity contribution in [3.05, 3.63) is 145 Å². The van der Waals surface area contributed by atoms with Crippen LogP contribution >= 0.6 is 0 Å². The van der Waals surface area contributed by atoms with Gasteiger partial charge in [0, 0.05) is 47.6 Å². The highest BCUT2D eigenvalue weighted by atomic mass is 14.9. The first-order valence-corrected chi connectivity index (χ1v) is 12.6. The van der Waals surface area contributed by atoms with Crippen molar-refractivity contribution >= 4 is 33.2 Å². The normalized spacial score (nSPS) is 11.5. The molecule has 0 amide bonds. The Kier molecular flexibility index (Phi) is 6.22. The zero-order chi connectivity index (χ0) is 24.9. The van der Waals surface area contributed by atoms with Gasteiger partial charge in [-0.05, 0) is 35.4 Å². The topological polar surface area (TPSA) is 49.8 Å². The number of anilines is 2. The second-order valence-electron chi connectivity index (χ2n) is 9.27. The van der Waals surface area contributed by atoms with Gasteiger partial charge in [0.05, 0.1) is 16.4 Å². The van der Waals surface area contributed by atoms with Crippen LogP contribution in [0, 0.1) is 0 Å². The molecule has 2 aromatic heterocycles. The van der Waals surface area contributed by atoms with Crippen LogP contribution in [0.25, 0.3) is 21.8 Å². The van der Waals surface area contributed by atoms with Crippen LogP contribution in [0.1, 0.15) is 11.1 Å². The molecule has 0 aliphatic heterocycles. The van der Waals surface area contributed by atoms with Crippen molar-refractivity contribution in [2.45, 2.75) is 5.41 Å². The molecule has 6 aromatic rings. The number of fused-ring (bicyclic) bond motifs is 2. The van der Waals surface area contributed by atoms with Crippen molar-refractivity contribution in [1.29, 1.82) is 0 Å². The van der Waals surface area contributed by atoms with Crippen LogP contribution < -0.4 is 10.6 Å². The van der Waals surface area contributed by atoms with Crippen molar-refractivity contribution < 1.29 is 0 Å². The van der Waals surface area contributed by atoms with Crippen molar-refractivity contribution in [2.24, 2.45) is 0 Å². The molecule has 0 atom stereocenters. The van der Waals surface area contributed by atoms with E-state index >= 15 is 0 Å². The second-order valence-corrected chi connectivity index (χ2v) is 9.27. The lowest BCUT2D eigenvalue weighted by atomic mass is 9.74. The number of benzene rings is 4. The lowest BCUT2D eigenvalue weighted by Crippen LogP contribution is -2.42. The van der Waals surface area contributed by atoms with E-state index in [4.69, 9.17) is 0 Å². The first-order valence-electron chi connectivity index (χ1n) is 12.6. The van der Waals surface area contributed by atoms with Gasteiger partial charge in [-0.3, -0.25) is 9.97 Å². The van der Waals surface area contributed by atoms with Crippen LogP contribution in [0.4, 0.5) is 11.4 Å². The number of para-hydroxylation sites is 2. The summed E-state index contributed by atoms with van der Waals surface area (Å²) in [7, 11) is 0. The van der Waals surface area contributed by atoms with Crippen LogP contribution in [0.2, 0.25) is 0 Å². The van der Waals surface area contributed by atoms with Gasteiger partial charge in [0.15, 0.2) is 0 Å². The van der Waals surface area contributed by atoms with E-state index in [0.717, 1.165) is 33.2 Å². The van der Waals surface area contributed by atoms with Gasteiger partial charge in [0.2, 0.25) is 0 Å². The molecule has 4 aromatic carbocycles. The quantitative estimate of drug-likeness (QED) is 0.240. The molecule has 0 aliphatic rings. The van der Waals surface area contributed by atoms with Gasteiger partial charge in [-0.15, -0.1) is 0 Å². The molecule has 180 valence electrons. The zero-order valence-corrected chi connectivity index (χ0v) is 20.5. The molecular formula is C33H28N4. The zero-order valence-electron chi connectivity index (χ0n) is 20.5. The third-order valence-electron chi connectivity index (χ3n) is 7.11. The maximum absolute atomic E-state index is 4.55. The lowest BCUT2D eigenvalue weighted by molar-refractivity contribution is 0.572. The van der Waals surface area contributed by atoms with E-state index in [1.54, 1.807) is 0 Å². The molecule has 0 saturated carbocycles. The number of rotatable bonds is 8. The molecule has 0 unspecified atom stereocenters. The summed E-state index contributed by atoms with van der Waals surface area (Å²) in [5.41, 5.74) is 6.28. The fourth-order valence-corrected chi connectivity index (χ4v) is 5.14. The minimum atomic E-state index is -0.350. The van der Waals surface area contributed by atoms with E-state index in [1.807, 2.05) is 24.5 Å². The molecule has 0 saturated heterocycles. The average molecular weight is 481 g/mol. The highest BCUT2D eigenvalue weighted by molar-refractivity contribution is 5.92. The van der Waals surface area contributed by atoms with E-state index in [9.17, 15) is 0 Å². The van der Waals surface area contributed by atoms with Gasteiger partial charge < -0.3 is 10.6 Å². The Morgan fingerprint density at radius 1 is 0.459 bits per heavy atom. The molecule has 0 bridgehead atoms. The third-order valence-corrected chi connectivity index (χ3v) is 7.11. The van der Waals surface area contributed by atoms with Gasteiger partial charge >= 0.3 is 0 Å². The van der Waals surface area contributed by atoms with E-state index < -0.39 is 0 Å². The van der Waals surface area contributed by atoms with Gasteiger partial charge in [-0.2, -0.15) is 0 Å². The molecule has 2 heterocycles. The summed E-state index contributed by atoms with van der Waals surface area (Å²) in [6, 6.07) is 42.2. The summed E-state index contributed by atoms with van der Waals surface area (Å²) >= 11 is 0. The van der Waals surface area contributed by atoms with E-state index in [1.165, 1.54) is 11.1 Å². The summed E-state index contributed by atoms with van der Waals surface area (Å²) < 4.78 is 0. The SMILES string of the molecule is c1ccc(C(CNc2ccnc3ccccc23)(CNc2ccnc3ccccc23)c2ccccc2)cc1. The molecule has 2 N–H and O–H groups in total. The van der Waals surface area contributed by atoms with Crippen molar-refractivity contribution in [1.82, 2.24) is 9.97 Å². The fraction of sp³-hybridized carbons (Fsp3) is 0.0909. The monoisotopic (exact) mass is 480 g/mol. The fourth-order valence-electron chi connectivity index (χ4n) is 5.14. The number of nitrogens with one attached hydrogen (secondary N) is 2. The minimum Gasteiger partial charge on any atom is -0.383 e. The summed E-state index contributed by atoms with van der Waals surface area (Å²) in [5, 5.41) is 9.85. The molecule has 0 fully saturated rings. The lowest BCUT2D eigenvalue weighted by Gasteiger charge is -2.36. The van der Waals surface area contributed by atoms with Crippen molar-refractivity contribution in [3.8, 4) is 0 Å². The molecule has 4 nitrogen and oxygen atoms in total. The second kappa shape index (κ2) is 10.1. The number of pyridine rings is 2. The van der Waals surface area contributed by atoms with Crippen LogP contribution in [0.3, 0.4) is 0 Å². The minimum absolute atomic E-state index is 0.350. The maximum atomic E-state index is 4.55. The summed E-state index contributed by atoms with van der Waals surface area (Å²) in [6.45, 7) is 1.40. The Hall–Kier alpha value is -4.70. The molecular weight excluding hydrogens is 452 g/mol. The molecule has 0 radical (unpaired) electrons. The Morgan fingerprint density at radius 3 is 1.32 bits per heavy atom. The first-order chi connectivity index (χ1) is 18.3. The van der Waals surface area contributed by atoms with Gasteiger partial charge in [-0.25, -0.2) is 0 Å². The Labute approximate surface area is 217 Å². The summed E-state index contributed by atoms with van der Waals surface area (Å²) in [4.78, 5) is 9.10. The number of aromatic nitrogens is 2. The number of hydrogen-bond acceptors (Lipinski definition) is 4. The van der Waals surface area contributed by atoms with Crippen molar-refractivity contribution in [3.63, 3.8) is 0 Å². The standard InChI is InChI=1S/C33H28N4/c1-3-11-25(12-4-1)33(26-13-5-2-6-14-26,23-36-31-19-21-34-29-17-9-7-15-27(29)31)24-37-32-20-22-35-30-18-10-8-16-28(30)32/h1-22H,23-24H2,(H,34,36)(H,35,37). The molecule has 4 heteroatoms. The Bertz CT molecular complexity index is 1500. The average Bonchev–Trinajstić information content (AvgIpc) is 2.98. The molecule has 6 rings (SSSR count). The van der Waals surface area contributed by atoms with Crippen LogP contribution in [0.15, 0.2) is 134 Å². The van der Waals surface area contributed by atoms with Crippen LogP contribution in [-0.4, -0.2) is 23.1 Å². The summed E-state index contributed by atoms with van der Waals surface area (Å²) in [5.74, 6) is 0. The van der Waals surface area contributed by atoms with E-state index in [0.29, 0.717) is 13.1 Å². The number of hydrogen-bond donors (Lipinski definition) is 2. The Morgan fingerprint density at radius 2 is 0.865 bits per heavy atom. The maximum Gasteiger partial charge on any atom is 0.0722 e. The van der Waals surface area contributed by atoms with Gasteiger partial charge in [0.25, 0.3) is 0 Å². The summed E-state index contributed by atoms with van der Waals surface area (Å²) in [6.07, 6.45) is 3.75. The van der Waals surface area contributed by atoms with Crippen LogP contribution in [0.5, 0.6) is 0 Å². The Balaban J connectivity index is 1.44. The molecule has 0 aliphatic carbocycles. The van der Waals surface area contributed by atoms with E-state index in [2.05, 4.69) is 130 Å². The van der Waals surface area contributed by atoms with Crippen LogP contribution in [-0.2, 0) is 5.41 Å². The first kappa shape index (κ1) is 22.7. The largest absolute Gasteiger partial charge is 0.383 e. The highest BCUT2D eigenvalue weighted by Gasteiger charge is 2.34. The van der Waals surface area contributed by atoms with Crippen molar-refractivity contribution in [2.75, 3.05) is 23.7 Å². The molecule has 0 spiro atoms. The molecule has 37 heavy (non-hydrogen) atoms. The highest BCUT2D eigenvalue weighted by Crippen LogP contribution is 2.35. The predicted octanol–water partition coefficient (Wildman–Crippen LogP) is 7.29. The third kappa shape index (κ3) is 4.50. The van der Waals surface area contributed by atoms with Gasteiger partial charge in [-0.1, -0.05) is 97.1 Å².